The van der Waals surface area contributed by atoms with Crippen molar-refractivity contribution in [2.24, 2.45) is 0 Å². The summed E-state index contributed by atoms with van der Waals surface area (Å²) in [5.41, 5.74) is 1.07. The maximum atomic E-state index is 12.1. The molecule has 1 amide bonds. The van der Waals surface area contributed by atoms with Gasteiger partial charge in [-0.25, -0.2) is 4.98 Å². The van der Waals surface area contributed by atoms with Crippen LogP contribution in [0.5, 0.6) is 0 Å². The SMILES string of the molecule is CNc1cccc(C(=O)Nc2ccc(Cl)cc2I)n1. The number of amides is 1. The number of hydrogen-bond donors (Lipinski definition) is 2. The van der Waals surface area contributed by atoms with Crippen LogP contribution in [0.25, 0.3) is 0 Å². The topological polar surface area (TPSA) is 54.0 Å². The van der Waals surface area contributed by atoms with Crippen molar-refractivity contribution >= 4 is 51.6 Å². The number of nitrogens with one attached hydrogen (secondary N) is 2. The molecule has 2 rings (SSSR count). The van der Waals surface area contributed by atoms with Crippen LogP contribution in [0.1, 0.15) is 10.5 Å². The van der Waals surface area contributed by atoms with Crippen molar-refractivity contribution < 1.29 is 4.79 Å². The van der Waals surface area contributed by atoms with Crippen LogP contribution >= 0.6 is 34.2 Å². The molecule has 0 saturated carbocycles. The smallest absolute Gasteiger partial charge is 0.274 e. The number of nitrogens with zero attached hydrogens (tertiary/aromatic N) is 1. The van der Waals surface area contributed by atoms with Crippen molar-refractivity contribution in [1.29, 1.82) is 0 Å². The van der Waals surface area contributed by atoms with Gasteiger partial charge in [0.2, 0.25) is 0 Å². The fourth-order valence-corrected chi connectivity index (χ4v) is 2.48. The third kappa shape index (κ3) is 3.57. The molecule has 2 N–H and O–H groups in total. The molecule has 2 aromatic rings. The van der Waals surface area contributed by atoms with Gasteiger partial charge in [0.1, 0.15) is 11.5 Å². The molecule has 0 spiro atoms. The van der Waals surface area contributed by atoms with Gasteiger partial charge in [-0.2, -0.15) is 0 Å². The number of anilines is 2. The van der Waals surface area contributed by atoms with E-state index in [0.717, 1.165) is 3.57 Å². The maximum absolute atomic E-state index is 12.1. The van der Waals surface area contributed by atoms with Gasteiger partial charge in [0.05, 0.1) is 5.69 Å². The van der Waals surface area contributed by atoms with Crippen molar-refractivity contribution in [3.05, 3.63) is 50.7 Å². The van der Waals surface area contributed by atoms with Crippen molar-refractivity contribution in [2.75, 3.05) is 17.7 Å². The first-order valence-corrected chi connectivity index (χ1v) is 6.97. The van der Waals surface area contributed by atoms with Gasteiger partial charge in [0.25, 0.3) is 5.91 Å². The van der Waals surface area contributed by atoms with Crippen molar-refractivity contribution in [3.8, 4) is 0 Å². The van der Waals surface area contributed by atoms with Crippen LogP contribution in [0.3, 0.4) is 0 Å². The molecule has 0 radical (unpaired) electrons. The van der Waals surface area contributed by atoms with Gasteiger partial charge in [0, 0.05) is 15.6 Å². The molecule has 1 heterocycles. The van der Waals surface area contributed by atoms with Crippen molar-refractivity contribution in [3.63, 3.8) is 0 Å². The zero-order valence-electron chi connectivity index (χ0n) is 10.1. The van der Waals surface area contributed by atoms with E-state index in [-0.39, 0.29) is 5.91 Å². The molecule has 4 nitrogen and oxygen atoms in total. The Morgan fingerprint density at radius 2 is 2.11 bits per heavy atom. The molecule has 0 fully saturated rings. The number of carbonyl (C=O) groups is 1. The van der Waals surface area contributed by atoms with E-state index in [1.165, 1.54) is 0 Å². The van der Waals surface area contributed by atoms with E-state index in [9.17, 15) is 4.79 Å². The minimum atomic E-state index is -0.252. The normalized spacial score (nSPS) is 10.1. The van der Waals surface area contributed by atoms with Crippen LogP contribution in [0.15, 0.2) is 36.4 Å². The second-order valence-electron chi connectivity index (χ2n) is 3.74. The first kappa shape index (κ1) is 14.1. The highest BCUT2D eigenvalue weighted by Crippen LogP contribution is 2.22. The molecule has 0 saturated heterocycles. The average molecular weight is 388 g/mol. The van der Waals surface area contributed by atoms with Crippen LogP contribution in [0.2, 0.25) is 5.02 Å². The predicted molar refractivity (Wildman–Crippen MR) is 85.9 cm³/mol. The van der Waals surface area contributed by atoms with E-state index in [4.69, 9.17) is 11.6 Å². The number of aromatic nitrogens is 1. The number of carbonyl (C=O) groups excluding carboxylic acids is 1. The molecule has 0 bridgehead atoms. The van der Waals surface area contributed by atoms with E-state index >= 15 is 0 Å². The van der Waals surface area contributed by atoms with Gasteiger partial charge in [0.15, 0.2) is 0 Å². The van der Waals surface area contributed by atoms with E-state index in [0.29, 0.717) is 22.2 Å². The molecule has 98 valence electrons. The van der Waals surface area contributed by atoms with Crippen LogP contribution in [-0.2, 0) is 0 Å². The van der Waals surface area contributed by atoms with E-state index in [1.807, 2.05) is 0 Å². The maximum Gasteiger partial charge on any atom is 0.274 e. The summed E-state index contributed by atoms with van der Waals surface area (Å²) in [5.74, 6) is 0.399. The summed E-state index contributed by atoms with van der Waals surface area (Å²) >= 11 is 7.99. The quantitative estimate of drug-likeness (QED) is 0.791. The largest absolute Gasteiger partial charge is 0.373 e. The zero-order chi connectivity index (χ0) is 13.8. The second kappa shape index (κ2) is 6.21. The molecule has 1 aromatic heterocycles. The number of halogens is 2. The Hall–Kier alpha value is -1.34. The summed E-state index contributed by atoms with van der Waals surface area (Å²) in [5, 5.41) is 6.34. The summed E-state index contributed by atoms with van der Waals surface area (Å²) in [4.78, 5) is 16.3. The van der Waals surface area contributed by atoms with E-state index in [1.54, 1.807) is 43.4 Å². The minimum absolute atomic E-state index is 0.252. The summed E-state index contributed by atoms with van der Waals surface area (Å²) in [7, 11) is 1.76. The summed E-state index contributed by atoms with van der Waals surface area (Å²) in [6.07, 6.45) is 0. The number of hydrogen-bond acceptors (Lipinski definition) is 3. The van der Waals surface area contributed by atoms with Gasteiger partial charge < -0.3 is 10.6 Å². The van der Waals surface area contributed by atoms with Gasteiger partial charge in [-0.3, -0.25) is 4.79 Å². The lowest BCUT2D eigenvalue weighted by molar-refractivity contribution is 0.102. The molecule has 0 aliphatic carbocycles. The lowest BCUT2D eigenvalue weighted by atomic mass is 10.3. The monoisotopic (exact) mass is 387 g/mol. The number of rotatable bonds is 3. The molecule has 0 aliphatic heterocycles. The fourth-order valence-electron chi connectivity index (χ4n) is 1.48. The van der Waals surface area contributed by atoms with Crippen LogP contribution in [0, 0.1) is 3.57 Å². The molecular weight excluding hydrogens is 377 g/mol. The van der Waals surface area contributed by atoms with E-state index in [2.05, 4.69) is 38.2 Å². The lowest BCUT2D eigenvalue weighted by Gasteiger charge is -2.08. The summed E-state index contributed by atoms with van der Waals surface area (Å²) < 4.78 is 0.878. The Balaban J connectivity index is 2.20. The standard InChI is InChI=1S/C13H11ClIN3O/c1-16-12-4-2-3-11(17-12)13(19)18-10-6-5-8(14)7-9(10)15/h2-7H,1H3,(H,16,17)(H,18,19). The Morgan fingerprint density at radius 3 is 2.79 bits per heavy atom. The third-order valence-corrected chi connectivity index (χ3v) is 3.54. The third-order valence-electron chi connectivity index (χ3n) is 2.42. The van der Waals surface area contributed by atoms with Crippen molar-refractivity contribution in [2.45, 2.75) is 0 Å². The van der Waals surface area contributed by atoms with Crippen molar-refractivity contribution in [1.82, 2.24) is 4.98 Å². The van der Waals surface area contributed by atoms with Gasteiger partial charge in [-0.1, -0.05) is 17.7 Å². The molecule has 0 unspecified atom stereocenters. The fraction of sp³-hybridized carbons (Fsp3) is 0.0769. The van der Waals surface area contributed by atoms with Crippen LogP contribution in [0.4, 0.5) is 11.5 Å². The molecule has 6 heteroatoms. The minimum Gasteiger partial charge on any atom is -0.373 e. The summed E-state index contributed by atoms with van der Waals surface area (Å²) in [6, 6.07) is 10.5. The highest BCUT2D eigenvalue weighted by molar-refractivity contribution is 14.1. The first-order chi connectivity index (χ1) is 9.10. The molecule has 0 atom stereocenters. The Morgan fingerprint density at radius 1 is 1.32 bits per heavy atom. The average Bonchev–Trinajstić information content (AvgIpc) is 2.42. The molecule has 0 aliphatic rings. The highest BCUT2D eigenvalue weighted by Gasteiger charge is 2.10. The van der Waals surface area contributed by atoms with Crippen LogP contribution in [-0.4, -0.2) is 17.9 Å². The Bertz CT molecular complexity index is 619. The first-order valence-electron chi connectivity index (χ1n) is 5.51. The predicted octanol–water partition coefficient (Wildman–Crippen LogP) is 3.63. The molecule has 19 heavy (non-hydrogen) atoms. The van der Waals surface area contributed by atoms with Gasteiger partial charge >= 0.3 is 0 Å². The van der Waals surface area contributed by atoms with Gasteiger partial charge in [-0.05, 0) is 52.9 Å². The van der Waals surface area contributed by atoms with E-state index < -0.39 is 0 Å². The van der Waals surface area contributed by atoms with Crippen LogP contribution < -0.4 is 10.6 Å². The zero-order valence-corrected chi connectivity index (χ0v) is 13.0. The Kier molecular flexibility index (Phi) is 4.60. The lowest BCUT2D eigenvalue weighted by Crippen LogP contribution is -2.15. The summed E-state index contributed by atoms with van der Waals surface area (Å²) in [6.45, 7) is 0. The molecular formula is C13H11ClIN3O. The second-order valence-corrected chi connectivity index (χ2v) is 5.33. The molecule has 1 aromatic carbocycles. The highest BCUT2D eigenvalue weighted by atomic mass is 127. The number of benzene rings is 1. The van der Waals surface area contributed by atoms with Gasteiger partial charge in [-0.15, -0.1) is 0 Å². The number of pyridine rings is 1. The Labute approximate surface area is 129 Å².